The van der Waals surface area contributed by atoms with E-state index in [4.69, 9.17) is 0 Å². The first-order chi connectivity index (χ1) is 19.6. The summed E-state index contributed by atoms with van der Waals surface area (Å²) in [5.74, 6) is -0.705. The summed E-state index contributed by atoms with van der Waals surface area (Å²) in [6.07, 6.45) is -1.87. The number of benzene rings is 1. The van der Waals surface area contributed by atoms with Crippen LogP contribution < -0.4 is 21.6 Å². The molecule has 4 rings (SSSR count). The van der Waals surface area contributed by atoms with Gasteiger partial charge in [0.1, 0.15) is 17.7 Å². The van der Waals surface area contributed by atoms with Crippen molar-refractivity contribution in [2.45, 2.75) is 59.3 Å². The maximum absolute atomic E-state index is 13.9. The molecule has 0 radical (unpaired) electrons. The molecular formula is C29H31F4N9. The van der Waals surface area contributed by atoms with E-state index in [9.17, 15) is 28.1 Å². The first kappa shape index (κ1) is 30.3. The monoisotopic (exact) mass is 581 g/mol. The molecule has 0 saturated carbocycles. The Balaban J connectivity index is 1.86. The van der Waals surface area contributed by atoms with E-state index in [0.717, 1.165) is 24.9 Å². The van der Waals surface area contributed by atoms with E-state index in [1.54, 1.807) is 19.1 Å². The van der Waals surface area contributed by atoms with Crippen LogP contribution >= 0.6 is 0 Å². The summed E-state index contributed by atoms with van der Waals surface area (Å²) in [5, 5.41) is 27.8. The zero-order valence-corrected chi connectivity index (χ0v) is 24.0. The lowest BCUT2D eigenvalue weighted by molar-refractivity contribution is -0.219. The van der Waals surface area contributed by atoms with Gasteiger partial charge in [0.05, 0.1) is 34.1 Å². The van der Waals surface area contributed by atoms with E-state index in [1.165, 1.54) is 18.5 Å². The molecule has 1 aliphatic heterocycles. The number of rotatable bonds is 7. The summed E-state index contributed by atoms with van der Waals surface area (Å²) in [6, 6.07) is 9.37. The van der Waals surface area contributed by atoms with Crippen molar-refractivity contribution >= 4 is 22.3 Å². The normalized spacial score (nSPS) is 14.6. The highest BCUT2D eigenvalue weighted by Gasteiger charge is 2.52. The maximum Gasteiger partial charge on any atom is 0.412 e. The predicted octanol–water partition coefficient (Wildman–Crippen LogP) is 5.94. The summed E-state index contributed by atoms with van der Waals surface area (Å²) in [7, 11) is 0. The lowest BCUT2D eigenvalue weighted by atomic mass is 9.96. The van der Waals surface area contributed by atoms with E-state index in [2.05, 4.69) is 43.7 Å². The summed E-state index contributed by atoms with van der Waals surface area (Å²) in [6.45, 7) is 10.3. The van der Waals surface area contributed by atoms with Crippen molar-refractivity contribution in [3.63, 3.8) is 0 Å². The van der Waals surface area contributed by atoms with Crippen LogP contribution in [0, 0.1) is 40.9 Å². The zero-order valence-electron chi connectivity index (χ0n) is 24.0. The molecule has 9 nitrogen and oxygen atoms in total. The third kappa shape index (κ3) is 6.02. The maximum atomic E-state index is 13.9. The van der Waals surface area contributed by atoms with Crippen LogP contribution in [0.1, 0.15) is 63.0 Å². The van der Waals surface area contributed by atoms with E-state index in [0.29, 0.717) is 40.1 Å². The number of nitriles is 2. The Hall–Kier alpha value is -4.62. The third-order valence-corrected chi connectivity index (χ3v) is 6.92. The van der Waals surface area contributed by atoms with Crippen LogP contribution in [0.25, 0.3) is 10.9 Å². The Morgan fingerprint density at radius 1 is 1.05 bits per heavy atom. The average molecular weight is 582 g/mol. The van der Waals surface area contributed by atoms with Crippen molar-refractivity contribution in [2.75, 3.05) is 17.2 Å². The third-order valence-electron chi connectivity index (χ3n) is 6.92. The lowest BCUT2D eigenvalue weighted by Gasteiger charge is -2.36. The zero-order chi connectivity index (χ0) is 31.0. The molecule has 13 heteroatoms. The number of aryl methyl sites for hydroxylation is 1. The summed E-state index contributed by atoms with van der Waals surface area (Å²) >= 11 is 0. The van der Waals surface area contributed by atoms with Crippen LogP contribution in [-0.4, -0.2) is 33.2 Å². The van der Waals surface area contributed by atoms with Gasteiger partial charge < -0.3 is 16.1 Å². The van der Waals surface area contributed by atoms with E-state index in [-0.39, 0.29) is 22.2 Å². The van der Waals surface area contributed by atoms with Crippen LogP contribution in [0.15, 0.2) is 42.4 Å². The molecule has 0 aliphatic carbocycles. The summed E-state index contributed by atoms with van der Waals surface area (Å²) in [4.78, 5) is 8.25. The van der Waals surface area contributed by atoms with Gasteiger partial charge in [0.25, 0.3) is 0 Å². The fourth-order valence-corrected chi connectivity index (χ4v) is 4.35. The molecule has 0 unspecified atom stereocenters. The highest BCUT2D eigenvalue weighted by atomic mass is 19.4. The number of nitrogens with zero attached hydrogens (tertiary/aromatic N) is 5. The molecule has 0 spiro atoms. The second kappa shape index (κ2) is 11.0. The van der Waals surface area contributed by atoms with Gasteiger partial charge in [0.2, 0.25) is 5.95 Å². The van der Waals surface area contributed by atoms with E-state index >= 15 is 0 Å². The minimum absolute atomic E-state index is 0.127. The van der Waals surface area contributed by atoms with Gasteiger partial charge in [-0.25, -0.2) is 4.98 Å². The highest BCUT2D eigenvalue weighted by Crippen LogP contribution is 2.38. The second-order valence-corrected chi connectivity index (χ2v) is 11.7. The molecule has 3 aromatic rings. The highest BCUT2D eigenvalue weighted by molar-refractivity contribution is 5.99. The SMILES string of the molecule is Cc1nc(F)ccc1[C@H](Nc1cc(C#N)c2ncc(C#N)c(NCC(C)(C)C)c2c1)C1=CN(C(C)(C)C(F)(F)F)NN1. The van der Waals surface area contributed by atoms with E-state index < -0.39 is 23.7 Å². The average Bonchev–Trinajstić information content (AvgIpc) is 3.40. The Morgan fingerprint density at radius 3 is 2.33 bits per heavy atom. The Morgan fingerprint density at radius 2 is 1.74 bits per heavy atom. The molecular weight excluding hydrogens is 550 g/mol. The van der Waals surface area contributed by atoms with Crippen molar-refractivity contribution in [1.82, 2.24) is 25.9 Å². The second-order valence-electron chi connectivity index (χ2n) is 11.7. The topological polar surface area (TPSA) is 125 Å². The number of alkyl halides is 3. The molecule has 0 fully saturated rings. The van der Waals surface area contributed by atoms with Crippen LogP contribution in [0.4, 0.5) is 28.9 Å². The number of nitrogens with one attached hydrogen (secondary N) is 4. The molecule has 1 atom stereocenters. The fraction of sp³-hybridized carbons (Fsp3) is 0.379. The molecule has 2 aromatic heterocycles. The van der Waals surface area contributed by atoms with Gasteiger partial charge in [-0.05, 0) is 44.4 Å². The minimum atomic E-state index is -4.56. The van der Waals surface area contributed by atoms with Gasteiger partial charge in [-0.1, -0.05) is 26.8 Å². The fourth-order valence-electron chi connectivity index (χ4n) is 4.35. The van der Waals surface area contributed by atoms with Gasteiger partial charge in [-0.3, -0.25) is 9.99 Å². The number of halogens is 4. The molecule has 0 amide bonds. The van der Waals surface area contributed by atoms with Crippen molar-refractivity contribution in [1.29, 1.82) is 10.5 Å². The van der Waals surface area contributed by atoms with Gasteiger partial charge in [-0.2, -0.15) is 28.1 Å². The van der Waals surface area contributed by atoms with Gasteiger partial charge in [-0.15, -0.1) is 5.53 Å². The van der Waals surface area contributed by atoms with Gasteiger partial charge >= 0.3 is 6.18 Å². The Kier molecular flexibility index (Phi) is 7.94. The Bertz CT molecular complexity index is 1630. The number of aromatic nitrogens is 2. The molecule has 1 aliphatic rings. The summed E-state index contributed by atoms with van der Waals surface area (Å²) in [5.41, 5.74) is 5.85. The number of hydrogen-bond acceptors (Lipinski definition) is 9. The van der Waals surface area contributed by atoms with Crippen LogP contribution in [0.2, 0.25) is 0 Å². The van der Waals surface area contributed by atoms with Crippen molar-refractivity contribution in [2.24, 2.45) is 5.41 Å². The number of hydrazine groups is 2. The minimum Gasteiger partial charge on any atom is -0.383 e. The van der Waals surface area contributed by atoms with Gasteiger partial charge in [0.15, 0.2) is 0 Å². The first-order valence-electron chi connectivity index (χ1n) is 13.1. The molecule has 0 saturated heterocycles. The molecule has 0 bridgehead atoms. The largest absolute Gasteiger partial charge is 0.412 e. The quantitative estimate of drug-likeness (QED) is 0.198. The lowest BCUT2D eigenvalue weighted by Crippen LogP contribution is -2.57. The number of anilines is 2. The number of hydrogen-bond donors (Lipinski definition) is 4. The van der Waals surface area contributed by atoms with Crippen LogP contribution in [-0.2, 0) is 0 Å². The molecule has 42 heavy (non-hydrogen) atoms. The van der Waals surface area contributed by atoms with Crippen molar-refractivity contribution in [3.05, 3.63) is 70.7 Å². The van der Waals surface area contributed by atoms with Gasteiger partial charge in [0, 0.05) is 41.3 Å². The summed E-state index contributed by atoms with van der Waals surface area (Å²) < 4.78 is 55.3. The smallest absolute Gasteiger partial charge is 0.383 e. The van der Waals surface area contributed by atoms with Crippen molar-refractivity contribution in [3.8, 4) is 12.1 Å². The molecule has 4 N–H and O–H groups in total. The Labute approximate surface area is 241 Å². The first-order valence-corrected chi connectivity index (χ1v) is 13.1. The molecule has 3 heterocycles. The van der Waals surface area contributed by atoms with Crippen LogP contribution in [0.3, 0.4) is 0 Å². The van der Waals surface area contributed by atoms with E-state index in [1.807, 2.05) is 20.8 Å². The molecule has 220 valence electrons. The standard InChI is InChI=1S/C29H31F4N9/c1-16-20(7-8-23(30)38-16)26(22-14-42(41-40-22)28(5,6)29(31,32)33)39-19-9-17(11-34)24-21(10-19)25(18(12-35)13-36-24)37-15-27(2,3)4/h7-10,13-14,26,39-41H,15H2,1-6H3,(H,36,37)/t26-/m0/s1. The number of fused-ring (bicyclic) bond motifs is 1. The van der Waals surface area contributed by atoms with Crippen molar-refractivity contribution < 1.29 is 17.6 Å². The number of pyridine rings is 2. The van der Waals surface area contributed by atoms with Crippen LogP contribution in [0.5, 0.6) is 0 Å². The molecule has 1 aromatic carbocycles. The predicted molar refractivity (Wildman–Crippen MR) is 151 cm³/mol.